The summed E-state index contributed by atoms with van der Waals surface area (Å²) in [6, 6.07) is 16.5. The summed E-state index contributed by atoms with van der Waals surface area (Å²) in [6.45, 7) is 8.19. The molecule has 1 atom stereocenters. The van der Waals surface area contributed by atoms with E-state index in [1.807, 2.05) is 24.3 Å². The molecular formula is C19H28N2O2Si. The summed E-state index contributed by atoms with van der Waals surface area (Å²) in [5, 5.41) is 3.61. The molecule has 24 heavy (non-hydrogen) atoms. The fourth-order valence-electron chi connectivity index (χ4n) is 2.38. The van der Waals surface area contributed by atoms with Crippen LogP contribution in [0.3, 0.4) is 0 Å². The number of benzene rings is 1. The molecular weight excluding hydrogens is 316 g/mol. The molecule has 2 aromatic rings. The van der Waals surface area contributed by atoms with Crippen molar-refractivity contribution in [2.24, 2.45) is 0 Å². The summed E-state index contributed by atoms with van der Waals surface area (Å²) in [4.78, 5) is 4.46. The SMILES string of the molecule is COc1cccc(CCN[C@H](CO[Si](C)(C)C)c2ccccc2)n1. The van der Waals surface area contributed by atoms with Crippen molar-refractivity contribution < 1.29 is 9.16 Å². The topological polar surface area (TPSA) is 43.4 Å². The average molecular weight is 345 g/mol. The van der Waals surface area contributed by atoms with E-state index < -0.39 is 8.32 Å². The average Bonchev–Trinajstić information content (AvgIpc) is 2.58. The molecule has 4 nitrogen and oxygen atoms in total. The third kappa shape index (κ3) is 6.43. The minimum Gasteiger partial charge on any atom is -0.481 e. The number of nitrogens with zero attached hydrogens (tertiary/aromatic N) is 1. The van der Waals surface area contributed by atoms with Gasteiger partial charge in [0.1, 0.15) is 0 Å². The Labute approximate surface area is 146 Å². The van der Waals surface area contributed by atoms with Crippen LogP contribution in [0.4, 0.5) is 0 Å². The Morgan fingerprint density at radius 2 is 1.79 bits per heavy atom. The molecule has 0 amide bonds. The van der Waals surface area contributed by atoms with E-state index in [1.54, 1.807) is 7.11 Å². The van der Waals surface area contributed by atoms with Crippen LogP contribution in [0.1, 0.15) is 17.3 Å². The predicted octanol–water partition coefficient (Wildman–Crippen LogP) is 3.82. The van der Waals surface area contributed by atoms with Crippen LogP contribution >= 0.6 is 0 Å². The van der Waals surface area contributed by atoms with E-state index in [1.165, 1.54) is 5.56 Å². The van der Waals surface area contributed by atoms with Gasteiger partial charge in [0.05, 0.1) is 19.8 Å². The highest BCUT2D eigenvalue weighted by Gasteiger charge is 2.18. The van der Waals surface area contributed by atoms with Crippen molar-refractivity contribution in [3.8, 4) is 5.88 Å². The maximum absolute atomic E-state index is 6.13. The maximum atomic E-state index is 6.13. The molecule has 0 aliphatic heterocycles. The lowest BCUT2D eigenvalue weighted by Gasteiger charge is -2.24. The molecule has 0 spiro atoms. The molecule has 0 aliphatic rings. The van der Waals surface area contributed by atoms with Gasteiger partial charge in [-0.15, -0.1) is 0 Å². The Morgan fingerprint density at radius 3 is 2.46 bits per heavy atom. The van der Waals surface area contributed by atoms with Crippen molar-refractivity contribution in [2.75, 3.05) is 20.3 Å². The zero-order chi connectivity index (χ0) is 17.4. The molecule has 130 valence electrons. The second kappa shape index (κ2) is 8.96. The standard InChI is InChI=1S/C19H28N2O2Si/c1-22-19-12-8-11-17(21-19)13-14-20-18(15-23-24(2,3)4)16-9-6-5-7-10-16/h5-12,18,20H,13-15H2,1-4H3/t18-/m1/s1. The quantitative estimate of drug-likeness (QED) is 0.703. The Balaban J connectivity index is 1.95. The van der Waals surface area contributed by atoms with Gasteiger partial charge in [0, 0.05) is 24.7 Å². The summed E-state index contributed by atoms with van der Waals surface area (Å²) in [5.74, 6) is 0.661. The smallest absolute Gasteiger partial charge is 0.213 e. The molecule has 1 N–H and O–H groups in total. The lowest BCUT2D eigenvalue weighted by atomic mass is 10.1. The lowest BCUT2D eigenvalue weighted by molar-refractivity contribution is 0.260. The van der Waals surface area contributed by atoms with Crippen molar-refractivity contribution in [1.29, 1.82) is 0 Å². The number of hydrogen-bond acceptors (Lipinski definition) is 4. The Morgan fingerprint density at radius 1 is 1.04 bits per heavy atom. The first-order valence-corrected chi connectivity index (χ1v) is 11.8. The van der Waals surface area contributed by atoms with Crippen molar-refractivity contribution >= 4 is 8.32 Å². The molecule has 1 aromatic heterocycles. The molecule has 0 radical (unpaired) electrons. The fraction of sp³-hybridized carbons (Fsp3) is 0.421. The van der Waals surface area contributed by atoms with E-state index in [0.717, 1.165) is 18.7 Å². The van der Waals surface area contributed by atoms with Gasteiger partial charge in [-0.2, -0.15) is 0 Å². The van der Waals surface area contributed by atoms with Gasteiger partial charge in [-0.1, -0.05) is 36.4 Å². The monoisotopic (exact) mass is 344 g/mol. The van der Waals surface area contributed by atoms with E-state index in [2.05, 4.69) is 54.2 Å². The van der Waals surface area contributed by atoms with Gasteiger partial charge < -0.3 is 14.5 Å². The molecule has 0 saturated carbocycles. The minimum atomic E-state index is -1.54. The summed E-state index contributed by atoms with van der Waals surface area (Å²) >= 11 is 0. The number of hydrogen-bond donors (Lipinski definition) is 1. The number of nitrogens with one attached hydrogen (secondary N) is 1. The van der Waals surface area contributed by atoms with Gasteiger partial charge in [-0.25, -0.2) is 4.98 Å². The second-order valence-electron chi connectivity index (χ2n) is 6.76. The first-order valence-electron chi connectivity index (χ1n) is 8.40. The molecule has 0 bridgehead atoms. The highest BCUT2D eigenvalue weighted by atomic mass is 28.4. The van der Waals surface area contributed by atoms with Crippen LogP contribution in [0.5, 0.6) is 5.88 Å². The van der Waals surface area contributed by atoms with Crippen LogP contribution in [-0.4, -0.2) is 33.6 Å². The van der Waals surface area contributed by atoms with Gasteiger partial charge in [-0.3, -0.25) is 0 Å². The van der Waals surface area contributed by atoms with E-state index in [4.69, 9.17) is 9.16 Å². The third-order valence-corrected chi connectivity index (χ3v) is 4.68. The fourth-order valence-corrected chi connectivity index (χ4v) is 3.04. The van der Waals surface area contributed by atoms with E-state index in [-0.39, 0.29) is 6.04 Å². The lowest BCUT2D eigenvalue weighted by Crippen LogP contribution is -2.33. The molecule has 1 aromatic carbocycles. The largest absolute Gasteiger partial charge is 0.481 e. The molecule has 1 heterocycles. The van der Waals surface area contributed by atoms with Gasteiger partial charge in [0.15, 0.2) is 8.32 Å². The first kappa shape index (κ1) is 18.6. The van der Waals surface area contributed by atoms with Crippen molar-refractivity contribution in [3.05, 3.63) is 59.8 Å². The molecule has 0 fully saturated rings. The van der Waals surface area contributed by atoms with Crippen LogP contribution in [0.25, 0.3) is 0 Å². The van der Waals surface area contributed by atoms with Crippen molar-refractivity contribution in [1.82, 2.24) is 10.3 Å². The zero-order valence-electron chi connectivity index (χ0n) is 15.1. The molecule has 5 heteroatoms. The maximum Gasteiger partial charge on any atom is 0.213 e. The highest BCUT2D eigenvalue weighted by molar-refractivity contribution is 6.69. The number of pyridine rings is 1. The highest BCUT2D eigenvalue weighted by Crippen LogP contribution is 2.16. The summed E-state index contributed by atoms with van der Waals surface area (Å²) < 4.78 is 11.3. The van der Waals surface area contributed by atoms with E-state index in [9.17, 15) is 0 Å². The van der Waals surface area contributed by atoms with Crippen molar-refractivity contribution in [2.45, 2.75) is 32.1 Å². The number of aromatic nitrogens is 1. The zero-order valence-corrected chi connectivity index (χ0v) is 16.1. The summed E-state index contributed by atoms with van der Waals surface area (Å²) in [6.07, 6.45) is 0.855. The van der Waals surface area contributed by atoms with Gasteiger partial charge in [0.25, 0.3) is 0 Å². The van der Waals surface area contributed by atoms with Crippen LogP contribution in [-0.2, 0) is 10.8 Å². The van der Waals surface area contributed by atoms with E-state index >= 15 is 0 Å². The number of methoxy groups -OCH3 is 1. The normalized spacial score (nSPS) is 12.8. The van der Waals surface area contributed by atoms with Gasteiger partial charge in [0.2, 0.25) is 5.88 Å². The number of rotatable bonds is 9. The van der Waals surface area contributed by atoms with Gasteiger partial charge in [-0.05, 0) is 31.3 Å². The Hall–Kier alpha value is -1.69. The summed E-state index contributed by atoms with van der Waals surface area (Å²) in [5.41, 5.74) is 2.29. The van der Waals surface area contributed by atoms with Crippen LogP contribution in [0.15, 0.2) is 48.5 Å². The summed E-state index contributed by atoms with van der Waals surface area (Å²) in [7, 11) is 0.105. The van der Waals surface area contributed by atoms with Crippen LogP contribution in [0, 0.1) is 0 Å². The molecule has 2 rings (SSSR count). The predicted molar refractivity (Wildman–Crippen MR) is 101 cm³/mol. The van der Waals surface area contributed by atoms with Gasteiger partial charge >= 0.3 is 0 Å². The van der Waals surface area contributed by atoms with Crippen LogP contribution in [0.2, 0.25) is 19.6 Å². The van der Waals surface area contributed by atoms with Crippen molar-refractivity contribution in [3.63, 3.8) is 0 Å². The molecule has 0 unspecified atom stereocenters. The Bertz CT molecular complexity index is 614. The third-order valence-electron chi connectivity index (χ3n) is 3.65. The second-order valence-corrected chi connectivity index (χ2v) is 11.3. The molecule has 0 saturated heterocycles. The Kier molecular flexibility index (Phi) is 6.96. The molecule has 0 aliphatic carbocycles. The number of ether oxygens (including phenoxy) is 1. The van der Waals surface area contributed by atoms with Crippen LogP contribution < -0.4 is 10.1 Å². The van der Waals surface area contributed by atoms with E-state index in [0.29, 0.717) is 12.5 Å². The minimum absolute atomic E-state index is 0.198. The first-order chi connectivity index (χ1) is 11.5.